The van der Waals surface area contributed by atoms with Crippen molar-refractivity contribution in [2.75, 3.05) is 13.1 Å². The van der Waals surface area contributed by atoms with Gasteiger partial charge in [0.05, 0.1) is 12.2 Å². The number of hydrogen-bond acceptors (Lipinski definition) is 3. The third-order valence-corrected chi connectivity index (χ3v) is 5.87. The molecule has 4 aliphatic rings. The van der Waals surface area contributed by atoms with Crippen molar-refractivity contribution in [1.82, 2.24) is 10.2 Å². The van der Waals surface area contributed by atoms with Gasteiger partial charge in [0.2, 0.25) is 5.91 Å². The minimum Gasteiger partial charge on any atom is -0.374 e. The van der Waals surface area contributed by atoms with E-state index in [-0.39, 0.29) is 11.9 Å². The van der Waals surface area contributed by atoms with Crippen molar-refractivity contribution < 1.29 is 9.53 Å². The van der Waals surface area contributed by atoms with Crippen LogP contribution in [0.4, 0.5) is 0 Å². The normalized spacial score (nSPS) is 39.6. The Morgan fingerprint density at radius 3 is 2.62 bits per heavy atom. The predicted octanol–water partition coefficient (Wildman–Crippen LogP) is 1.47. The summed E-state index contributed by atoms with van der Waals surface area (Å²) in [6, 6.07) is 8.13. The van der Waals surface area contributed by atoms with Crippen molar-refractivity contribution >= 4 is 5.91 Å². The van der Waals surface area contributed by atoms with Crippen molar-refractivity contribution in [3.05, 3.63) is 35.4 Å². The molecule has 21 heavy (non-hydrogen) atoms. The molecule has 110 valence electrons. The molecule has 1 aromatic carbocycles. The number of carbonyl (C=O) groups excluding carboxylic acids is 1. The zero-order valence-electron chi connectivity index (χ0n) is 12.0. The first kappa shape index (κ1) is 12.2. The average Bonchev–Trinajstić information content (AvgIpc) is 3.25. The molecule has 4 heteroatoms. The van der Waals surface area contributed by atoms with Gasteiger partial charge in [0.15, 0.2) is 0 Å². The lowest BCUT2D eigenvalue weighted by molar-refractivity contribution is -0.133. The van der Waals surface area contributed by atoms with Crippen LogP contribution >= 0.6 is 0 Å². The molecule has 4 heterocycles. The molecule has 3 saturated heterocycles. The highest BCUT2D eigenvalue weighted by molar-refractivity contribution is 5.84. The van der Waals surface area contributed by atoms with Gasteiger partial charge < -0.3 is 9.64 Å². The summed E-state index contributed by atoms with van der Waals surface area (Å²) in [6.07, 6.45) is 3.22. The fraction of sp³-hybridized carbons (Fsp3) is 0.588. The van der Waals surface area contributed by atoms with Crippen LogP contribution in [0.3, 0.4) is 0 Å². The molecule has 3 fully saturated rings. The number of rotatable bonds is 1. The molecule has 2 bridgehead atoms. The molecule has 0 aliphatic carbocycles. The van der Waals surface area contributed by atoms with Gasteiger partial charge in [-0.3, -0.25) is 10.1 Å². The molecule has 0 radical (unpaired) electrons. The molecule has 0 spiro atoms. The van der Waals surface area contributed by atoms with Crippen molar-refractivity contribution in [2.24, 2.45) is 11.8 Å². The lowest BCUT2D eigenvalue weighted by Gasteiger charge is -2.23. The number of benzene rings is 1. The van der Waals surface area contributed by atoms with Crippen molar-refractivity contribution in [2.45, 2.75) is 37.6 Å². The molecule has 5 rings (SSSR count). The van der Waals surface area contributed by atoms with E-state index in [4.69, 9.17) is 4.74 Å². The van der Waals surface area contributed by atoms with E-state index in [0.717, 1.165) is 19.6 Å². The van der Waals surface area contributed by atoms with Gasteiger partial charge in [-0.1, -0.05) is 24.3 Å². The highest BCUT2D eigenvalue weighted by Crippen LogP contribution is 2.47. The summed E-state index contributed by atoms with van der Waals surface area (Å²) in [4.78, 5) is 15.0. The lowest BCUT2D eigenvalue weighted by atomic mass is 9.82. The summed E-state index contributed by atoms with van der Waals surface area (Å²) < 4.78 is 6.00. The maximum atomic E-state index is 12.9. The first-order valence-electron chi connectivity index (χ1n) is 8.07. The number of carbonyl (C=O) groups is 1. The Morgan fingerprint density at radius 1 is 1.14 bits per heavy atom. The molecule has 5 atom stereocenters. The van der Waals surface area contributed by atoms with Crippen LogP contribution < -0.4 is 5.32 Å². The highest BCUT2D eigenvalue weighted by atomic mass is 16.5. The van der Waals surface area contributed by atoms with E-state index in [1.807, 2.05) is 12.1 Å². The molecule has 4 aliphatic heterocycles. The van der Waals surface area contributed by atoms with E-state index in [1.54, 1.807) is 0 Å². The number of nitrogens with zero attached hydrogens (tertiary/aromatic N) is 1. The molecular weight excluding hydrogens is 264 g/mol. The number of nitrogens with one attached hydrogen (secondary N) is 1. The summed E-state index contributed by atoms with van der Waals surface area (Å²) in [5.74, 6) is 1.43. The maximum absolute atomic E-state index is 12.9. The summed E-state index contributed by atoms with van der Waals surface area (Å²) in [6.45, 7) is 2.59. The molecule has 1 amide bonds. The largest absolute Gasteiger partial charge is 0.374 e. The number of fused-ring (bicyclic) bond motifs is 6. The van der Waals surface area contributed by atoms with Gasteiger partial charge >= 0.3 is 0 Å². The van der Waals surface area contributed by atoms with Crippen LogP contribution in [-0.2, 0) is 16.1 Å². The number of likely N-dealkylation sites (tertiary alicyclic amines) is 1. The molecule has 1 aromatic rings. The van der Waals surface area contributed by atoms with Crippen LogP contribution in [-0.4, -0.2) is 36.1 Å². The van der Waals surface area contributed by atoms with Gasteiger partial charge in [0.1, 0.15) is 6.04 Å². The molecular formula is C17H20N2O2. The highest BCUT2D eigenvalue weighted by Gasteiger charge is 2.54. The van der Waals surface area contributed by atoms with Gasteiger partial charge in [-0.05, 0) is 24.0 Å². The average molecular weight is 284 g/mol. The zero-order chi connectivity index (χ0) is 14.0. The van der Waals surface area contributed by atoms with Crippen molar-refractivity contribution in [1.29, 1.82) is 0 Å². The predicted molar refractivity (Wildman–Crippen MR) is 77.5 cm³/mol. The van der Waals surface area contributed by atoms with Gasteiger partial charge in [0.25, 0.3) is 0 Å². The van der Waals surface area contributed by atoms with Gasteiger partial charge in [-0.2, -0.15) is 0 Å². The number of ether oxygens (including phenoxy) is 1. The van der Waals surface area contributed by atoms with Crippen molar-refractivity contribution in [3.8, 4) is 0 Å². The Labute approximate surface area is 124 Å². The van der Waals surface area contributed by atoms with Crippen LogP contribution in [0.1, 0.15) is 30.0 Å². The second-order valence-corrected chi connectivity index (χ2v) is 6.87. The number of hydrogen-bond donors (Lipinski definition) is 1. The fourth-order valence-corrected chi connectivity index (χ4v) is 4.84. The Bertz CT molecular complexity index is 584. The van der Waals surface area contributed by atoms with Crippen molar-refractivity contribution in [3.63, 3.8) is 0 Å². The second kappa shape index (κ2) is 4.31. The van der Waals surface area contributed by atoms with E-state index in [1.165, 1.54) is 24.0 Å². The Kier molecular flexibility index (Phi) is 2.50. The van der Waals surface area contributed by atoms with Crippen LogP contribution in [0.2, 0.25) is 0 Å². The maximum Gasteiger partial charge on any atom is 0.244 e. The Balaban J connectivity index is 1.37. The van der Waals surface area contributed by atoms with E-state index in [2.05, 4.69) is 22.3 Å². The standard InChI is InChI=1S/C17H20N2O2/c20-17(16-11-4-2-1-3-10(11)7-18-16)19-8-12-13(9-19)15-6-5-14(12)21-15/h1-4,12-16,18H,5-9H2/t12-,13+,14+,15-,16-/m1/s1. The van der Waals surface area contributed by atoms with Gasteiger partial charge in [-0.15, -0.1) is 0 Å². The lowest BCUT2D eigenvalue weighted by Crippen LogP contribution is -2.38. The van der Waals surface area contributed by atoms with Crippen LogP contribution in [0.15, 0.2) is 24.3 Å². The summed E-state index contributed by atoms with van der Waals surface area (Å²) in [7, 11) is 0. The SMILES string of the molecule is O=C([C@@H]1NCc2ccccc21)N1C[C@@H]2[C@H](C1)[C@H]1CC[C@@H]2O1. The van der Waals surface area contributed by atoms with E-state index in [0.29, 0.717) is 24.0 Å². The zero-order valence-corrected chi connectivity index (χ0v) is 12.0. The summed E-state index contributed by atoms with van der Waals surface area (Å²) in [5, 5.41) is 3.38. The third kappa shape index (κ3) is 1.66. The molecule has 1 N–H and O–H groups in total. The summed E-state index contributed by atoms with van der Waals surface area (Å²) >= 11 is 0. The minimum atomic E-state index is -0.140. The van der Waals surface area contributed by atoms with Gasteiger partial charge in [0, 0.05) is 31.5 Å². The Hall–Kier alpha value is -1.39. The van der Waals surface area contributed by atoms with Crippen LogP contribution in [0, 0.1) is 11.8 Å². The quantitative estimate of drug-likeness (QED) is 0.849. The first-order valence-corrected chi connectivity index (χ1v) is 8.07. The molecule has 4 nitrogen and oxygen atoms in total. The first-order chi connectivity index (χ1) is 10.3. The van der Waals surface area contributed by atoms with Gasteiger partial charge in [-0.25, -0.2) is 0 Å². The second-order valence-electron chi connectivity index (χ2n) is 6.87. The van der Waals surface area contributed by atoms with Crippen LogP contribution in [0.25, 0.3) is 0 Å². The van der Waals surface area contributed by atoms with E-state index >= 15 is 0 Å². The summed E-state index contributed by atoms with van der Waals surface area (Å²) in [5.41, 5.74) is 2.43. The topological polar surface area (TPSA) is 41.6 Å². The molecule has 0 aromatic heterocycles. The van der Waals surface area contributed by atoms with E-state index < -0.39 is 0 Å². The number of amides is 1. The molecule has 0 saturated carbocycles. The Morgan fingerprint density at radius 2 is 1.86 bits per heavy atom. The minimum absolute atomic E-state index is 0.140. The molecule has 0 unspecified atom stereocenters. The monoisotopic (exact) mass is 284 g/mol. The van der Waals surface area contributed by atoms with Crippen LogP contribution in [0.5, 0.6) is 0 Å². The fourth-order valence-electron chi connectivity index (χ4n) is 4.84. The third-order valence-electron chi connectivity index (χ3n) is 5.87. The smallest absolute Gasteiger partial charge is 0.244 e. The van der Waals surface area contributed by atoms with E-state index in [9.17, 15) is 4.79 Å².